The fourth-order valence-electron chi connectivity index (χ4n) is 3.04. The van der Waals surface area contributed by atoms with Gasteiger partial charge in [0.25, 0.3) is 0 Å². The van der Waals surface area contributed by atoms with Crippen molar-refractivity contribution in [3.8, 4) is 5.88 Å². The molecule has 4 atom stereocenters. The van der Waals surface area contributed by atoms with Crippen LogP contribution in [0.15, 0.2) is 23.1 Å². The molecule has 1 aliphatic rings. The average Bonchev–Trinajstić information content (AvgIpc) is 3.22. The maximum atomic E-state index is 10.3. The van der Waals surface area contributed by atoms with Crippen molar-refractivity contribution in [1.82, 2.24) is 14.5 Å². The Labute approximate surface area is 129 Å². The largest absolute Gasteiger partial charge is 0.480 e. The molecule has 9 nitrogen and oxygen atoms in total. The van der Waals surface area contributed by atoms with Crippen LogP contribution in [-0.4, -0.2) is 61.9 Å². The third-order valence-electron chi connectivity index (χ3n) is 4.12. The van der Waals surface area contributed by atoms with Crippen LogP contribution in [0.5, 0.6) is 5.88 Å². The Bertz CT molecular complexity index is 859. The number of fused-ring (bicyclic) bond motifs is 3. The summed E-state index contributed by atoms with van der Waals surface area (Å²) in [6, 6.07) is 1.70. The highest BCUT2D eigenvalue weighted by Gasteiger charge is 2.44. The molecule has 122 valence electrons. The minimum absolute atomic E-state index is 0.334. The molecule has 0 spiro atoms. The zero-order chi connectivity index (χ0) is 16.1. The van der Waals surface area contributed by atoms with E-state index in [0.717, 1.165) is 0 Å². The van der Waals surface area contributed by atoms with E-state index in [2.05, 4.69) is 9.97 Å². The molecule has 0 aliphatic carbocycles. The van der Waals surface area contributed by atoms with E-state index in [9.17, 15) is 15.3 Å². The molecule has 4 heterocycles. The zero-order valence-corrected chi connectivity index (χ0v) is 12.2. The molecule has 0 radical (unpaired) electrons. The van der Waals surface area contributed by atoms with E-state index in [-0.39, 0.29) is 0 Å². The first-order chi connectivity index (χ1) is 11.2. The summed E-state index contributed by atoms with van der Waals surface area (Å²) in [7, 11) is 1.49. The molecule has 3 N–H and O–H groups in total. The molecule has 0 unspecified atom stereocenters. The SMILES string of the molecule is COc1ncnc2c1c1occc1n2[C@@H]1O[C@H](CO)[C@@H](O)[C@H]1O. The first-order valence-electron chi connectivity index (χ1n) is 7.06. The average molecular weight is 321 g/mol. The van der Waals surface area contributed by atoms with Gasteiger partial charge >= 0.3 is 0 Å². The molecule has 3 aromatic heterocycles. The Kier molecular flexibility index (Phi) is 3.23. The number of hydrogen-bond donors (Lipinski definition) is 3. The van der Waals surface area contributed by atoms with Crippen LogP contribution >= 0.6 is 0 Å². The lowest BCUT2D eigenvalue weighted by Crippen LogP contribution is -2.33. The van der Waals surface area contributed by atoms with Gasteiger partial charge in [0.05, 0.1) is 25.5 Å². The van der Waals surface area contributed by atoms with Gasteiger partial charge in [0, 0.05) is 6.07 Å². The fourth-order valence-corrected chi connectivity index (χ4v) is 3.04. The van der Waals surface area contributed by atoms with Crippen LogP contribution in [0, 0.1) is 0 Å². The third-order valence-corrected chi connectivity index (χ3v) is 4.12. The van der Waals surface area contributed by atoms with Crippen LogP contribution in [0.2, 0.25) is 0 Å². The number of aromatic nitrogens is 3. The van der Waals surface area contributed by atoms with Crippen LogP contribution < -0.4 is 4.74 Å². The van der Waals surface area contributed by atoms with Crippen LogP contribution in [0.25, 0.3) is 22.1 Å². The maximum Gasteiger partial charge on any atom is 0.229 e. The molecule has 0 bridgehead atoms. The molecule has 3 aromatic rings. The summed E-state index contributed by atoms with van der Waals surface area (Å²) in [5.74, 6) is 0.334. The second-order valence-corrected chi connectivity index (χ2v) is 5.32. The Morgan fingerprint density at radius 2 is 2.13 bits per heavy atom. The van der Waals surface area contributed by atoms with E-state index in [0.29, 0.717) is 28.0 Å². The number of aliphatic hydroxyl groups excluding tert-OH is 3. The molecular formula is C14H15N3O6. The van der Waals surface area contributed by atoms with Gasteiger partial charge in [-0.15, -0.1) is 0 Å². The molecule has 0 saturated carbocycles. The summed E-state index contributed by atoms with van der Waals surface area (Å²) in [5.41, 5.74) is 1.56. The lowest BCUT2D eigenvalue weighted by Gasteiger charge is -2.18. The molecule has 1 aliphatic heterocycles. The van der Waals surface area contributed by atoms with Gasteiger partial charge in [-0.3, -0.25) is 4.57 Å². The van der Waals surface area contributed by atoms with Crippen molar-refractivity contribution < 1.29 is 29.2 Å². The number of nitrogens with zero attached hydrogens (tertiary/aromatic N) is 3. The van der Waals surface area contributed by atoms with Gasteiger partial charge in [0.15, 0.2) is 17.5 Å². The minimum atomic E-state index is -1.22. The first kappa shape index (κ1) is 14.4. The summed E-state index contributed by atoms with van der Waals surface area (Å²) in [4.78, 5) is 8.29. The van der Waals surface area contributed by atoms with Crippen molar-refractivity contribution in [2.45, 2.75) is 24.5 Å². The molecular weight excluding hydrogens is 306 g/mol. The van der Waals surface area contributed by atoms with Crippen molar-refractivity contribution in [1.29, 1.82) is 0 Å². The minimum Gasteiger partial charge on any atom is -0.480 e. The number of hydrogen-bond acceptors (Lipinski definition) is 8. The predicted octanol–water partition coefficient (Wildman–Crippen LogP) is -0.202. The summed E-state index contributed by atoms with van der Waals surface area (Å²) in [6.07, 6.45) is -1.39. The van der Waals surface area contributed by atoms with E-state index in [4.69, 9.17) is 13.9 Å². The smallest absolute Gasteiger partial charge is 0.229 e. The van der Waals surface area contributed by atoms with E-state index < -0.39 is 31.1 Å². The van der Waals surface area contributed by atoms with Gasteiger partial charge in [-0.25, -0.2) is 9.97 Å². The second-order valence-electron chi connectivity index (χ2n) is 5.32. The molecule has 0 aromatic carbocycles. The Hall–Kier alpha value is -2.20. The number of rotatable bonds is 3. The van der Waals surface area contributed by atoms with Gasteiger partial charge < -0.3 is 29.2 Å². The quantitative estimate of drug-likeness (QED) is 0.606. The third kappa shape index (κ3) is 1.88. The normalized spacial score (nSPS) is 28.0. The van der Waals surface area contributed by atoms with Gasteiger partial charge in [-0.1, -0.05) is 0 Å². The predicted molar refractivity (Wildman–Crippen MR) is 76.9 cm³/mol. The standard InChI is InChI=1S/C14H15N3O6/c1-21-13-8-11-6(2-3-22-11)17(12(8)15-5-16-13)14-10(20)9(19)7(4-18)23-14/h2-3,5,7,9-10,14,18-20H,4H2,1H3/t7-,9-,10-,14-/m1/s1. The number of methoxy groups -OCH3 is 1. The molecule has 23 heavy (non-hydrogen) atoms. The van der Waals surface area contributed by atoms with Gasteiger partial charge in [0.1, 0.15) is 30.0 Å². The van der Waals surface area contributed by atoms with Gasteiger partial charge in [-0.2, -0.15) is 0 Å². The summed E-state index contributed by atoms with van der Waals surface area (Å²) in [6.45, 7) is -0.402. The van der Waals surface area contributed by atoms with Crippen molar-refractivity contribution in [3.63, 3.8) is 0 Å². The summed E-state index contributed by atoms with van der Waals surface area (Å²) in [5, 5.41) is 30.1. The van der Waals surface area contributed by atoms with Crippen LogP contribution in [0.4, 0.5) is 0 Å². The lowest BCUT2D eigenvalue weighted by atomic mass is 10.1. The second kappa shape index (κ2) is 5.17. The fraction of sp³-hybridized carbons (Fsp3) is 0.429. The highest BCUT2D eigenvalue weighted by atomic mass is 16.6. The first-order valence-corrected chi connectivity index (χ1v) is 7.06. The Morgan fingerprint density at radius 1 is 1.30 bits per heavy atom. The summed E-state index contributed by atoms with van der Waals surface area (Å²) >= 11 is 0. The summed E-state index contributed by atoms with van der Waals surface area (Å²) < 4.78 is 18.0. The van der Waals surface area contributed by atoms with Gasteiger partial charge in [-0.05, 0) is 0 Å². The van der Waals surface area contributed by atoms with Crippen molar-refractivity contribution in [2.75, 3.05) is 13.7 Å². The number of furan rings is 1. The van der Waals surface area contributed by atoms with E-state index >= 15 is 0 Å². The molecule has 1 saturated heterocycles. The van der Waals surface area contributed by atoms with Crippen molar-refractivity contribution in [2.24, 2.45) is 0 Å². The van der Waals surface area contributed by atoms with Crippen molar-refractivity contribution in [3.05, 3.63) is 18.7 Å². The molecule has 4 rings (SSSR count). The van der Waals surface area contributed by atoms with Crippen LogP contribution in [0.1, 0.15) is 6.23 Å². The monoisotopic (exact) mass is 321 g/mol. The topological polar surface area (TPSA) is 123 Å². The van der Waals surface area contributed by atoms with Gasteiger partial charge in [0.2, 0.25) is 5.88 Å². The molecule has 0 amide bonds. The Balaban J connectivity index is 1.97. The van der Waals surface area contributed by atoms with Crippen LogP contribution in [0.3, 0.4) is 0 Å². The Morgan fingerprint density at radius 3 is 2.83 bits per heavy atom. The molecule has 9 heteroatoms. The number of aliphatic hydroxyl groups is 3. The zero-order valence-electron chi connectivity index (χ0n) is 12.2. The van der Waals surface area contributed by atoms with E-state index in [1.807, 2.05) is 0 Å². The van der Waals surface area contributed by atoms with Crippen LogP contribution in [-0.2, 0) is 4.74 Å². The molecule has 1 fully saturated rings. The lowest BCUT2D eigenvalue weighted by molar-refractivity contribution is -0.0489. The van der Waals surface area contributed by atoms with E-state index in [1.54, 1.807) is 10.6 Å². The number of ether oxygens (including phenoxy) is 2. The highest BCUT2D eigenvalue weighted by Crippen LogP contribution is 2.39. The highest BCUT2D eigenvalue weighted by molar-refractivity contribution is 6.06. The van der Waals surface area contributed by atoms with E-state index in [1.165, 1.54) is 19.7 Å². The van der Waals surface area contributed by atoms with Crippen molar-refractivity contribution >= 4 is 22.1 Å². The maximum absolute atomic E-state index is 10.3.